The molecule has 0 unspecified atom stereocenters. The number of hydrogen-bond acceptors (Lipinski definition) is 4. The van der Waals surface area contributed by atoms with E-state index in [4.69, 9.17) is 9.84 Å². The highest BCUT2D eigenvalue weighted by atomic mass is 16.5. The lowest BCUT2D eigenvalue weighted by Gasteiger charge is -2.10. The largest absolute Gasteiger partial charge is 0.497 e. The van der Waals surface area contributed by atoms with Gasteiger partial charge in [0.2, 0.25) is 0 Å². The first-order valence-corrected chi connectivity index (χ1v) is 10.6. The van der Waals surface area contributed by atoms with Crippen LogP contribution in [0, 0.1) is 0 Å². The molecule has 2 heterocycles. The number of rotatable bonds is 8. The van der Waals surface area contributed by atoms with E-state index in [9.17, 15) is 4.79 Å². The van der Waals surface area contributed by atoms with Crippen LogP contribution in [-0.4, -0.2) is 34.2 Å². The summed E-state index contributed by atoms with van der Waals surface area (Å²) in [5.74, 6) is 0.564. The van der Waals surface area contributed by atoms with Crippen LogP contribution in [0.15, 0.2) is 66.7 Å². The molecule has 4 rings (SSSR count). The number of carbonyl (C=O) groups is 1. The topological polar surface area (TPSA) is 68.5 Å². The van der Waals surface area contributed by atoms with E-state index in [0.29, 0.717) is 17.9 Å². The first kappa shape index (κ1) is 20.6. The van der Waals surface area contributed by atoms with E-state index >= 15 is 0 Å². The molecule has 0 bridgehead atoms. The summed E-state index contributed by atoms with van der Waals surface area (Å²) in [5.41, 5.74) is 4.48. The number of methoxy groups -OCH3 is 1. The second-order valence-electron chi connectivity index (χ2n) is 7.39. The third-order valence-electron chi connectivity index (χ3n) is 5.16. The molecule has 0 radical (unpaired) electrons. The van der Waals surface area contributed by atoms with Gasteiger partial charge in [-0.05, 0) is 24.6 Å². The van der Waals surface area contributed by atoms with Crippen LogP contribution in [0.25, 0.3) is 28.2 Å². The molecule has 6 nitrogen and oxygen atoms in total. The normalized spacial score (nSPS) is 10.9. The van der Waals surface area contributed by atoms with Gasteiger partial charge in [-0.15, -0.1) is 0 Å². The van der Waals surface area contributed by atoms with Crippen LogP contribution < -0.4 is 10.1 Å². The van der Waals surface area contributed by atoms with E-state index in [1.807, 2.05) is 60.7 Å². The predicted molar refractivity (Wildman–Crippen MR) is 122 cm³/mol. The number of amides is 1. The molecule has 0 aliphatic rings. The Morgan fingerprint density at radius 1 is 1.00 bits per heavy atom. The Bertz CT molecular complexity index is 1180. The van der Waals surface area contributed by atoms with Gasteiger partial charge in [0.05, 0.1) is 18.5 Å². The van der Waals surface area contributed by atoms with Gasteiger partial charge >= 0.3 is 0 Å². The van der Waals surface area contributed by atoms with Crippen molar-refractivity contribution in [2.24, 2.45) is 0 Å². The van der Waals surface area contributed by atoms with Crippen molar-refractivity contribution in [1.82, 2.24) is 19.9 Å². The molecule has 0 saturated heterocycles. The highest BCUT2D eigenvalue weighted by Gasteiger charge is 2.16. The molecule has 2 aromatic carbocycles. The van der Waals surface area contributed by atoms with Crippen molar-refractivity contribution in [2.45, 2.75) is 26.2 Å². The van der Waals surface area contributed by atoms with Crippen LogP contribution in [0.2, 0.25) is 0 Å². The predicted octanol–water partition coefficient (Wildman–Crippen LogP) is 4.99. The lowest BCUT2D eigenvalue weighted by atomic mass is 10.1. The summed E-state index contributed by atoms with van der Waals surface area (Å²) < 4.78 is 7.17. The fourth-order valence-corrected chi connectivity index (χ4v) is 3.50. The molecule has 0 atom stereocenters. The fraction of sp³-hybridized carbons (Fsp3) is 0.240. The molecule has 158 valence electrons. The third kappa shape index (κ3) is 4.58. The number of unbranched alkanes of at least 4 members (excludes halogenated alkanes) is 2. The Balaban J connectivity index is 1.79. The standard InChI is InChI=1S/C25H26N4O2/c1-3-4-8-14-26-25(30)22-16-23(19-12-9-13-20(15-19)31-2)29-24(27-22)17-21(28-29)18-10-6-5-7-11-18/h5-7,9-13,15-17H,3-4,8,14H2,1-2H3,(H,26,30). The highest BCUT2D eigenvalue weighted by Crippen LogP contribution is 2.27. The number of carbonyl (C=O) groups excluding carboxylic acids is 1. The van der Waals surface area contributed by atoms with Gasteiger partial charge in [0.1, 0.15) is 11.4 Å². The van der Waals surface area contributed by atoms with Crippen molar-refractivity contribution in [3.8, 4) is 28.3 Å². The van der Waals surface area contributed by atoms with Crippen molar-refractivity contribution in [2.75, 3.05) is 13.7 Å². The Kier molecular flexibility index (Phi) is 6.26. The first-order valence-electron chi connectivity index (χ1n) is 10.6. The molecule has 0 aliphatic carbocycles. The van der Waals surface area contributed by atoms with E-state index < -0.39 is 0 Å². The molecule has 0 fully saturated rings. The van der Waals surface area contributed by atoms with Gasteiger partial charge in [-0.2, -0.15) is 5.10 Å². The lowest BCUT2D eigenvalue weighted by Crippen LogP contribution is -2.25. The van der Waals surface area contributed by atoms with Crippen LogP contribution in [0.4, 0.5) is 0 Å². The van der Waals surface area contributed by atoms with Gasteiger partial charge in [-0.3, -0.25) is 4.79 Å². The van der Waals surface area contributed by atoms with Gasteiger partial charge in [0, 0.05) is 23.7 Å². The maximum absolute atomic E-state index is 12.8. The molecular weight excluding hydrogens is 388 g/mol. The number of benzene rings is 2. The summed E-state index contributed by atoms with van der Waals surface area (Å²) in [7, 11) is 1.64. The minimum absolute atomic E-state index is 0.176. The molecular formula is C25H26N4O2. The maximum atomic E-state index is 12.8. The lowest BCUT2D eigenvalue weighted by molar-refractivity contribution is 0.0948. The molecule has 4 aromatic rings. The van der Waals surface area contributed by atoms with E-state index in [2.05, 4.69) is 17.2 Å². The number of nitrogens with one attached hydrogen (secondary N) is 1. The van der Waals surface area contributed by atoms with Crippen molar-refractivity contribution < 1.29 is 9.53 Å². The van der Waals surface area contributed by atoms with Gasteiger partial charge in [-0.1, -0.05) is 62.2 Å². The molecule has 0 spiro atoms. The molecule has 1 N–H and O–H groups in total. The summed E-state index contributed by atoms with van der Waals surface area (Å²) >= 11 is 0. The van der Waals surface area contributed by atoms with E-state index in [-0.39, 0.29) is 5.91 Å². The Hall–Kier alpha value is -3.67. The van der Waals surface area contributed by atoms with Crippen LogP contribution in [0.1, 0.15) is 36.7 Å². The van der Waals surface area contributed by atoms with Crippen LogP contribution >= 0.6 is 0 Å². The van der Waals surface area contributed by atoms with E-state index in [1.54, 1.807) is 17.7 Å². The average molecular weight is 415 g/mol. The summed E-state index contributed by atoms with van der Waals surface area (Å²) in [4.78, 5) is 17.4. The maximum Gasteiger partial charge on any atom is 0.270 e. The summed E-state index contributed by atoms with van der Waals surface area (Å²) in [6.07, 6.45) is 3.15. The molecule has 0 aliphatic heterocycles. The fourth-order valence-electron chi connectivity index (χ4n) is 3.50. The zero-order chi connectivity index (χ0) is 21.6. The summed E-state index contributed by atoms with van der Waals surface area (Å²) in [5, 5.41) is 7.77. The number of hydrogen-bond donors (Lipinski definition) is 1. The molecule has 2 aromatic heterocycles. The smallest absolute Gasteiger partial charge is 0.270 e. The van der Waals surface area contributed by atoms with Crippen LogP contribution in [-0.2, 0) is 0 Å². The van der Waals surface area contributed by atoms with Crippen molar-refractivity contribution in [3.05, 3.63) is 72.4 Å². The molecule has 0 saturated carbocycles. The average Bonchev–Trinajstić information content (AvgIpc) is 3.26. The van der Waals surface area contributed by atoms with Crippen LogP contribution in [0.3, 0.4) is 0 Å². The number of ether oxygens (including phenoxy) is 1. The van der Waals surface area contributed by atoms with Crippen molar-refractivity contribution in [1.29, 1.82) is 0 Å². The second-order valence-corrected chi connectivity index (χ2v) is 7.39. The molecule has 31 heavy (non-hydrogen) atoms. The van der Waals surface area contributed by atoms with Gasteiger partial charge in [0.15, 0.2) is 5.65 Å². The SMILES string of the molecule is CCCCCNC(=O)c1cc(-c2cccc(OC)c2)n2nc(-c3ccccc3)cc2n1. The van der Waals surface area contributed by atoms with E-state index in [1.165, 1.54) is 0 Å². The highest BCUT2D eigenvalue weighted by molar-refractivity contribution is 5.94. The minimum atomic E-state index is -0.176. The Morgan fingerprint density at radius 2 is 1.81 bits per heavy atom. The van der Waals surface area contributed by atoms with Crippen LogP contribution in [0.5, 0.6) is 5.75 Å². The monoisotopic (exact) mass is 414 g/mol. The zero-order valence-electron chi connectivity index (χ0n) is 17.8. The van der Waals surface area contributed by atoms with Crippen molar-refractivity contribution in [3.63, 3.8) is 0 Å². The molecule has 1 amide bonds. The minimum Gasteiger partial charge on any atom is -0.497 e. The van der Waals surface area contributed by atoms with Gasteiger partial charge in [0.25, 0.3) is 5.91 Å². The third-order valence-corrected chi connectivity index (χ3v) is 5.16. The summed E-state index contributed by atoms with van der Waals surface area (Å²) in [6.45, 7) is 2.78. The second kappa shape index (κ2) is 9.43. The van der Waals surface area contributed by atoms with Gasteiger partial charge in [-0.25, -0.2) is 9.50 Å². The van der Waals surface area contributed by atoms with Crippen molar-refractivity contribution >= 4 is 11.6 Å². The number of aromatic nitrogens is 3. The quantitative estimate of drug-likeness (QED) is 0.412. The Morgan fingerprint density at radius 3 is 2.58 bits per heavy atom. The number of fused-ring (bicyclic) bond motifs is 1. The molecule has 6 heteroatoms. The Labute approximate surface area is 181 Å². The first-order chi connectivity index (χ1) is 15.2. The van der Waals surface area contributed by atoms with E-state index in [0.717, 1.165) is 47.5 Å². The summed E-state index contributed by atoms with van der Waals surface area (Å²) in [6, 6.07) is 21.4. The van der Waals surface area contributed by atoms with Gasteiger partial charge < -0.3 is 10.1 Å². The zero-order valence-corrected chi connectivity index (χ0v) is 17.8. The number of nitrogens with zero attached hydrogens (tertiary/aromatic N) is 3.